The summed E-state index contributed by atoms with van der Waals surface area (Å²) in [6.45, 7) is 3.06. The summed E-state index contributed by atoms with van der Waals surface area (Å²) in [4.78, 5) is 34.4. The van der Waals surface area contributed by atoms with Crippen molar-refractivity contribution in [3.05, 3.63) is 16.4 Å². The lowest BCUT2D eigenvalue weighted by Crippen LogP contribution is -2.40. The molecule has 0 saturated carbocycles. The van der Waals surface area contributed by atoms with Crippen LogP contribution < -0.4 is 9.80 Å². The number of carbonyl (C=O) groups is 1. The van der Waals surface area contributed by atoms with Gasteiger partial charge in [-0.25, -0.2) is 9.97 Å². The summed E-state index contributed by atoms with van der Waals surface area (Å²) in [6.07, 6.45) is 2.78. The molecule has 0 amide bonds. The van der Waals surface area contributed by atoms with Crippen molar-refractivity contribution in [3.8, 4) is 0 Å². The average Bonchev–Trinajstić information content (AvgIpc) is 2.54. The van der Waals surface area contributed by atoms with E-state index >= 15 is 0 Å². The molecule has 0 aromatic carbocycles. The van der Waals surface area contributed by atoms with Gasteiger partial charge >= 0.3 is 11.7 Å². The third-order valence-electron chi connectivity index (χ3n) is 3.73. The van der Waals surface area contributed by atoms with E-state index in [-0.39, 0.29) is 29.2 Å². The van der Waals surface area contributed by atoms with E-state index in [0.717, 1.165) is 12.8 Å². The summed E-state index contributed by atoms with van der Waals surface area (Å²) in [7, 11) is 3.38. The van der Waals surface area contributed by atoms with Crippen LogP contribution in [-0.4, -0.2) is 54.7 Å². The summed E-state index contributed by atoms with van der Waals surface area (Å²) < 4.78 is 5.06. The second kappa shape index (κ2) is 7.21. The number of rotatable bonds is 5. The number of anilines is 2. The number of hydrogen-bond acceptors (Lipinski definition) is 8. The molecule has 0 bridgehead atoms. The third kappa shape index (κ3) is 3.66. The van der Waals surface area contributed by atoms with Crippen LogP contribution in [0, 0.1) is 16.0 Å². The van der Waals surface area contributed by atoms with Gasteiger partial charge in [0.05, 0.1) is 17.4 Å². The number of nitro groups is 1. The highest BCUT2D eigenvalue weighted by atomic mass is 16.6. The first-order valence-corrected chi connectivity index (χ1v) is 7.54. The molecule has 9 nitrogen and oxygen atoms in total. The van der Waals surface area contributed by atoms with Crippen LogP contribution in [0.2, 0.25) is 0 Å². The van der Waals surface area contributed by atoms with E-state index in [9.17, 15) is 14.9 Å². The molecule has 0 spiro atoms. The lowest BCUT2D eigenvalue weighted by Gasteiger charge is -2.32. The molecule has 126 valence electrons. The van der Waals surface area contributed by atoms with Crippen molar-refractivity contribution in [2.45, 2.75) is 19.8 Å². The summed E-state index contributed by atoms with van der Waals surface area (Å²) in [6, 6.07) is 0. The molecule has 2 rings (SSSR count). The molecule has 1 aliphatic heterocycles. The molecule has 2 heterocycles. The number of carbonyl (C=O) groups excluding carboxylic acids is 1. The van der Waals surface area contributed by atoms with Crippen LogP contribution in [0.1, 0.15) is 19.8 Å². The van der Waals surface area contributed by atoms with Gasteiger partial charge < -0.3 is 14.5 Å². The molecule has 1 aromatic heterocycles. The fourth-order valence-corrected chi connectivity index (χ4v) is 2.70. The molecule has 1 aliphatic rings. The van der Waals surface area contributed by atoms with Crippen LogP contribution in [-0.2, 0) is 9.53 Å². The van der Waals surface area contributed by atoms with Gasteiger partial charge in [-0.05, 0) is 19.8 Å². The number of aromatic nitrogens is 2. The van der Waals surface area contributed by atoms with E-state index in [1.807, 2.05) is 0 Å². The van der Waals surface area contributed by atoms with Gasteiger partial charge in [-0.15, -0.1) is 0 Å². The molecular formula is C14H21N5O4. The van der Waals surface area contributed by atoms with Gasteiger partial charge in [-0.3, -0.25) is 14.9 Å². The Morgan fingerprint density at radius 2 is 2.26 bits per heavy atom. The molecule has 0 N–H and O–H groups in total. The Morgan fingerprint density at radius 1 is 1.52 bits per heavy atom. The third-order valence-corrected chi connectivity index (χ3v) is 3.73. The highest BCUT2D eigenvalue weighted by molar-refractivity contribution is 5.75. The maximum absolute atomic E-state index is 11.9. The molecule has 0 aliphatic carbocycles. The van der Waals surface area contributed by atoms with Crippen LogP contribution >= 0.6 is 0 Å². The van der Waals surface area contributed by atoms with Gasteiger partial charge in [-0.1, -0.05) is 0 Å². The molecule has 1 saturated heterocycles. The van der Waals surface area contributed by atoms with Crippen LogP contribution in [0.5, 0.6) is 0 Å². The summed E-state index contributed by atoms with van der Waals surface area (Å²) >= 11 is 0. The van der Waals surface area contributed by atoms with Crippen molar-refractivity contribution in [1.29, 1.82) is 0 Å². The van der Waals surface area contributed by atoms with Crippen molar-refractivity contribution >= 4 is 23.3 Å². The van der Waals surface area contributed by atoms with Crippen LogP contribution in [0.15, 0.2) is 6.33 Å². The second-order valence-corrected chi connectivity index (χ2v) is 5.56. The zero-order valence-corrected chi connectivity index (χ0v) is 13.6. The van der Waals surface area contributed by atoms with E-state index in [1.165, 1.54) is 6.33 Å². The molecule has 1 unspecified atom stereocenters. The molecule has 0 radical (unpaired) electrons. The molecular weight excluding hydrogens is 302 g/mol. The molecule has 9 heteroatoms. The van der Waals surface area contributed by atoms with Gasteiger partial charge in [0, 0.05) is 27.2 Å². The Balaban J connectivity index is 2.32. The van der Waals surface area contributed by atoms with Crippen LogP contribution in [0.4, 0.5) is 17.3 Å². The molecule has 1 fully saturated rings. The first kappa shape index (κ1) is 16.9. The largest absolute Gasteiger partial charge is 0.466 e. The Labute approximate surface area is 134 Å². The van der Waals surface area contributed by atoms with E-state index in [1.54, 1.807) is 30.8 Å². The summed E-state index contributed by atoms with van der Waals surface area (Å²) in [5.74, 6) is -0.0521. The van der Waals surface area contributed by atoms with Crippen LogP contribution in [0.3, 0.4) is 0 Å². The molecule has 1 aromatic rings. The fourth-order valence-electron chi connectivity index (χ4n) is 2.70. The van der Waals surface area contributed by atoms with Crippen molar-refractivity contribution in [1.82, 2.24) is 9.97 Å². The normalized spacial score (nSPS) is 17.7. The van der Waals surface area contributed by atoms with Crippen LogP contribution in [0.25, 0.3) is 0 Å². The Hall–Kier alpha value is -2.45. The minimum atomic E-state index is -0.474. The van der Waals surface area contributed by atoms with Gasteiger partial charge in [-0.2, -0.15) is 0 Å². The van der Waals surface area contributed by atoms with E-state index in [2.05, 4.69) is 9.97 Å². The summed E-state index contributed by atoms with van der Waals surface area (Å²) in [5.41, 5.74) is -0.137. The maximum atomic E-state index is 11.9. The zero-order valence-electron chi connectivity index (χ0n) is 13.6. The summed E-state index contributed by atoms with van der Waals surface area (Å²) in [5, 5.41) is 11.5. The Kier molecular flexibility index (Phi) is 5.30. The van der Waals surface area contributed by atoms with E-state index in [4.69, 9.17) is 4.74 Å². The lowest BCUT2D eigenvalue weighted by molar-refractivity contribution is -0.383. The monoisotopic (exact) mass is 323 g/mol. The fraction of sp³-hybridized carbons (Fsp3) is 0.643. The highest BCUT2D eigenvalue weighted by Gasteiger charge is 2.33. The van der Waals surface area contributed by atoms with Gasteiger partial charge in [0.25, 0.3) is 0 Å². The lowest BCUT2D eigenvalue weighted by atomic mass is 9.98. The van der Waals surface area contributed by atoms with E-state index in [0.29, 0.717) is 19.7 Å². The van der Waals surface area contributed by atoms with Crippen molar-refractivity contribution < 1.29 is 14.5 Å². The number of esters is 1. The van der Waals surface area contributed by atoms with Gasteiger partial charge in [0.2, 0.25) is 11.6 Å². The first-order chi connectivity index (χ1) is 11.0. The van der Waals surface area contributed by atoms with E-state index < -0.39 is 4.92 Å². The Bertz CT molecular complexity index is 593. The zero-order chi connectivity index (χ0) is 17.0. The standard InChI is InChI=1S/C14H21N5O4/c1-4-23-14(20)10-6-5-7-18(8-10)13-11(19(21)22)12(17(2)3)15-9-16-13/h9-10H,4-8H2,1-3H3. The first-order valence-electron chi connectivity index (χ1n) is 7.54. The van der Waals surface area contributed by atoms with Crippen molar-refractivity contribution in [2.24, 2.45) is 5.92 Å². The quantitative estimate of drug-likeness (QED) is 0.453. The Morgan fingerprint density at radius 3 is 2.87 bits per heavy atom. The topological polar surface area (TPSA) is 102 Å². The smallest absolute Gasteiger partial charge is 0.353 e. The SMILES string of the molecule is CCOC(=O)C1CCCN(c2ncnc(N(C)C)c2[N+](=O)[O-])C1. The number of nitrogens with zero attached hydrogens (tertiary/aromatic N) is 5. The predicted molar refractivity (Wildman–Crippen MR) is 84.6 cm³/mol. The number of ether oxygens (including phenoxy) is 1. The van der Waals surface area contributed by atoms with Gasteiger partial charge in [0.15, 0.2) is 0 Å². The van der Waals surface area contributed by atoms with Crippen molar-refractivity contribution in [3.63, 3.8) is 0 Å². The minimum Gasteiger partial charge on any atom is -0.466 e. The predicted octanol–water partition coefficient (Wildman–Crippen LogP) is 1.23. The second-order valence-electron chi connectivity index (χ2n) is 5.56. The number of hydrogen-bond donors (Lipinski definition) is 0. The maximum Gasteiger partial charge on any atom is 0.353 e. The van der Waals surface area contributed by atoms with Crippen molar-refractivity contribution in [2.75, 3.05) is 43.6 Å². The molecule has 23 heavy (non-hydrogen) atoms. The average molecular weight is 323 g/mol. The highest BCUT2D eigenvalue weighted by Crippen LogP contribution is 2.35. The van der Waals surface area contributed by atoms with Gasteiger partial charge in [0.1, 0.15) is 6.33 Å². The molecule has 1 atom stereocenters. The number of piperidine rings is 1. The minimum absolute atomic E-state index is 0.137.